The molecule has 0 aliphatic carbocycles. The van der Waals surface area contributed by atoms with Crippen LogP contribution in [0.5, 0.6) is 0 Å². The Kier molecular flexibility index (Phi) is 5.21. The molecule has 2 nitrogen and oxygen atoms in total. The van der Waals surface area contributed by atoms with Crippen molar-refractivity contribution in [1.29, 1.82) is 0 Å². The number of benzene rings is 1. The summed E-state index contributed by atoms with van der Waals surface area (Å²) in [6, 6.07) is 5.81. The first-order chi connectivity index (χ1) is 6.39. The maximum Gasteiger partial charge on any atom is 0.123 e. The first kappa shape index (κ1) is 14.4. The fourth-order valence-electron chi connectivity index (χ4n) is 1.12. The highest BCUT2D eigenvalue weighted by Gasteiger charge is 2.22. The highest BCUT2D eigenvalue weighted by atomic mass is 35.5. The Bertz CT molecular complexity index is 294. The number of aliphatic hydroxyl groups is 1. The van der Waals surface area contributed by atoms with Gasteiger partial charge in [-0.05, 0) is 38.0 Å². The molecule has 86 valence electrons. The summed E-state index contributed by atoms with van der Waals surface area (Å²) < 4.78 is 12.6. The Labute approximate surface area is 95.7 Å². The Hall–Kier alpha value is -0.640. The van der Waals surface area contributed by atoms with Crippen molar-refractivity contribution < 1.29 is 9.50 Å². The molecule has 0 amide bonds. The van der Waals surface area contributed by atoms with Crippen molar-refractivity contribution >= 4 is 12.4 Å². The predicted molar refractivity (Wildman–Crippen MR) is 61.6 cm³/mol. The molecule has 0 aromatic heterocycles. The van der Waals surface area contributed by atoms with Crippen molar-refractivity contribution in [3.8, 4) is 0 Å². The third kappa shape index (κ3) is 4.60. The van der Waals surface area contributed by atoms with E-state index in [1.807, 2.05) is 0 Å². The fourth-order valence-corrected chi connectivity index (χ4v) is 1.12. The first-order valence-electron chi connectivity index (χ1n) is 4.62. The molecule has 3 N–H and O–H groups in total. The van der Waals surface area contributed by atoms with Crippen LogP contribution >= 0.6 is 12.4 Å². The van der Waals surface area contributed by atoms with Gasteiger partial charge in [0, 0.05) is 6.04 Å². The van der Waals surface area contributed by atoms with Crippen molar-refractivity contribution in [3.05, 3.63) is 35.6 Å². The number of nitrogens with two attached hydrogens (primary N) is 1. The fraction of sp³-hybridized carbons (Fsp3) is 0.455. The average molecular weight is 234 g/mol. The zero-order chi connectivity index (χ0) is 10.8. The quantitative estimate of drug-likeness (QED) is 0.838. The smallest absolute Gasteiger partial charge is 0.123 e. The Morgan fingerprint density at radius 2 is 1.80 bits per heavy atom. The van der Waals surface area contributed by atoms with Crippen molar-refractivity contribution in [2.75, 3.05) is 0 Å². The van der Waals surface area contributed by atoms with Crippen molar-refractivity contribution in [1.82, 2.24) is 0 Å². The van der Waals surface area contributed by atoms with Crippen LogP contribution in [0.4, 0.5) is 4.39 Å². The van der Waals surface area contributed by atoms with Gasteiger partial charge in [-0.25, -0.2) is 4.39 Å². The molecule has 0 saturated heterocycles. The van der Waals surface area contributed by atoms with Gasteiger partial charge in [0.1, 0.15) is 5.82 Å². The van der Waals surface area contributed by atoms with Gasteiger partial charge in [0.15, 0.2) is 0 Å². The van der Waals surface area contributed by atoms with Crippen LogP contribution in [0, 0.1) is 5.82 Å². The normalized spacial score (nSPS) is 13.1. The summed E-state index contributed by atoms with van der Waals surface area (Å²) in [6.45, 7) is 3.34. The Balaban J connectivity index is 0.00000196. The summed E-state index contributed by atoms with van der Waals surface area (Å²) in [4.78, 5) is 0. The van der Waals surface area contributed by atoms with E-state index < -0.39 is 5.60 Å². The Morgan fingerprint density at radius 3 is 2.20 bits per heavy atom. The molecule has 0 aliphatic rings. The molecule has 0 spiro atoms. The van der Waals surface area contributed by atoms with Crippen molar-refractivity contribution in [3.63, 3.8) is 0 Å². The highest BCUT2D eigenvalue weighted by Crippen LogP contribution is 2.12. The largest absolute Gasteiger partial charge is 0.389 e. The van der Waals surface area contributed by atoms with Crippen LogP contribution in [-0.4, -0.2) is 16.7 Å². The van der Waals surface area contributed by atoms with E-state index in [-0.39, 0.29) is 24.3 Å². The lowest BCUT2D eigenvalue weighted by Gasteiger charge is -2.25. The average Bonchev–Trinajstić information content (AvgIpc) is 2.07. The summed E-state index contributed by atoms with van der Waals surface area (Å²) in [5, 5.41) is 9.60. The van der Waals surface area contributed by atoms with E-state index in [0.29, 0.717) is 6.42 Å². The van der Waals surface area contributed by atoms with Gasteiger partial charge >= 0.3 is 0 Å². The molecule has 0 aliphatic heterocycles. The van der Waals surface area contributed by atoms with E-state index in [9.17, 15) is 9.50 Å². The van der Waals surface area contributed by atoms with E-state index >= 15 is 0 Å². The van der Waals surface area contributed by atoms with Crippen LogP contribution in [0.1, 0.15) is 19.4 Å². The lowest BCUT2D eigenvalue weighted by molar-refractivity contribution is 0.0521. The van der Waals surface area contributed by atoms with E-state index in [1.165, 1.54) is 12.1 Å². The van der Waals surface area contributed by atoms with E-state index in [4.69, 9.17) is 5.73 Å². The third-order valence-corrected chi connectivity index (χ3v) is 2.28. The molecule has 15 heavy (non-hydrogen) atoms. The molecule has 0 heterocycles. The minimum Gasteiger partial charge on any atom is -0.389 e. The molecule has 4 heteroatoms. The second kappa shape index (κ2) is 5.45. The van der Waals surface area contributed by atoms with Crippen molar-refractivity contribution in [2.45, 2.75) is 31.9 Å². The molecule has 0 radical (unpaired) electrons. The van der Waals surface area contributed by atoms with Gasteiger partial charge in [0.2, 0.25) is 0 Å². The van der Waals surface area contributed by atoms with Gasteiger partial charge in [0.25, 0.3) is 0 Å². The van der Waals surface area contributed by atoms with Crippen molar-refractivity contribution in [2.24, 2.45) is 5.73 Å². The van der Waals surface area contributed by atoms with Gasteiger partial charge in [-0.15, -0.1) is 12.4 Å². The van der Waals surface area contributed by atoms with Crippen LogP contribution in [0.2, 0.25) is 0 Å². The third-order valence-electron chi connectivity index (χ3n) is 2.28. The van der Waals surface area contributed by atoms with Gasteiger partial charge < -0.3 is 10.8 Å². The molecular weight excluding hydrogens is 217 g/mol. The number of halogens is 2. The SMILES string of the molecule is CC(C)(O)C(N)Cc1ccc(F)cc1.Cl. The monoisotopic (exact) mass is 233 g/mol. The molecule has 1 aromatic rings. The molecule has 1 unspecified atom stereocenters. The van der Waals surface area contributed by atoms with Gasteiger partial charge in [-0.2, -0.15) is 0 Å². The summed E-state index contributed by atoms with van der Waals surface area (Å²) >= 11 is 0. The molecule has 0 fully saturated rings. The Morgan fingerprint density at radius 1 is 1.33 bits per heavy atom. The van der Waals surface area contributed by atoms with Gasteiger partial charge in [-0.1, -0.05) is 12.1 Å². The number of hydrogen-bond donors (Lipinski definition) is 2. The van der Waals surface area contributed by atoms with E-state index in [0.717, 1.165) is 5.56 Å². The van der Waals surface area contributed by atoms with Crippen LogP contribution in [-0.2, 0) is 6.42 Å². The molecule has 0 saturated carbocycles. The minimum atomic E-state index is -0.908. The van der Waals surface area contributed by atoms with E-state index in [1.54, 1.807) is 26.0 Å². The number of rotatable bonds is 3. The van der Waals surface area contributed by atoms with Crippen LogP contribution in [0.25, 0.3) is 0 Å². The summed E-state index contributed by atoms with van der Waals surface area (Å²) in [7, 11) is 0. The summed E-state index contributed by atoms with van der Waals surface area (Å²) in [5.41, 5.74) is 5.80. The summed E-state index contributed by atoms with van der Waals surface area (Å²) in [6.07, 6.45) is 0.545. The predicted octanol–water partition coefficient (Wildman–Crippen LogP) is 1.89. The minimum absolute atomic E-state index is 0. The lowest BCUT2D eigenvalue weighted by atomic mass is 9.93. The topological polar surface area (TPSA) is 46.2 Å². The zero-order valence-corrected chi connectivity index (χ0v) is 9.72. The van der Waals surface area contributed by atoms with E-state index in [2.05, 4.69) is 0 Å². The van der Waals surface area contributed by atoms with Crippen LogP contribution < -0.4 is 5.73 Å². The second-order valence-corrected chi connectivity index (χ2v) is 4.09. The maximum absolute atomic E-state index is 12.6. The molecule has 1 atom stereocenters. The molecule has 0 bridgehead atoms. The zero-order valence-electron chi connectivity index (χ0n) is 8.90. The number of hydrogen-bond acceptors (Lipinski definition) is 2. The van der Waals surface area contributed by atoms with Crippen LogP contribution in [0.15, 0.2) is 24.3 Å². The van der Waals surface area contributed by atoms with Crippen LogP contribution in [0.3, 0.4) is 0 Å². The summed E-state index contributed by atoms with van der Waals surface area (Å²) in [5.74, 6) is -0.259. The first-order valence-corrected chi connectivity index (χ1v) is 4.62. The molecule has 1 aromatic carbocycles. The lowest BCUT2D eigenvalue weighted by Crippen LogP contribution is -2.44. The van der Waals surface area contributed by atoms with Gasteiger partial charge in [-0.3, -0.25) is 0 Å². The molecule has 1 rings (SSSR count). The maximum atomic E-state index is 12.6. The van der Waals surface area contributed by atoms with Gasteiger partial charge in [0.05, 0.1) is 5.60 Å². The molecular formula is C11H17ClFNO. The highest BCUT2D eigenvalue weighted by molar-refractivity contribution is 5.85. The second-order valence-electron chi connectivity index (χ2n) is 4.09. The standard InChI is InChI=1S/C11H16FNO.ClH/c1-11(2,14)10(13)7-8-3-5-9(12)6-4-8;/h3-6,10,14H,7,13H2,1-2H3;1H.